The summed E-state index contributed by atoms with van der Waals surface area (Å²) in [5, 5.41) is 13.3. The van der Waals surface area contributed by atoms with Crippen molar-refractivity contribution in [2.45, 2.75) is 12.5 Å². The van der Waals surface area contributed by atoms with Gasteiger partial charge in [-0.3, -0.25) is 0 Å². The van der Waals surface area contributed by atoms with E-state index in [-0.39, 0.29) is 0 Å². The summed E-state index contributed by atoms with van der Waals surface area (Å²) >= 11 is 0. The molecule has 0 aliphatic rings. The highest BCUT2D eigenvalue weighted by molar-refractivity contribution is 5.84. The zero-order valence-corrected chi connectivity index (χ0v) is 10.6. The minimum Gasteiger partial charge on any atom is -0.480 e. The molecule has 0 unspecified atom stereocenters. The molecule has 0 saturated carbocycles. The van der Waals surface area contributed by atoms with Crippen LogP contribution in [0.3, 0.4) is 0 Å². The first-order chi connectivity index (χ1) is 9.74. The van der Waals surface area contributed by atoms with Crippen LogP contribution in [-0.4, -0.2) is 32.1 Å². The van der Waals surface area contributed by atoms with Crippen LogP contribution in [0.4, 0.5) is 5.95 Å². The molecule has 6 nitrogen and oxygen atoms in total. The number of rotatable bonds is 5. The van der Waals surface area contributed by atoms with E-state index in [0.717, 1.165) is 16.5 Å². The second-order valence-corrected chi connectivity index (χ2v) is 4.54. The van der Waals surface area contributed by atoms with Gasteiger partial charge in [0.25, 0.3) is 0 Å². The lowest BCUT2D eigenvalue weighted by Gasteiger charge is -2.13. The average molecular weight is 270 g/mol. The summed E-state index contributed by atoms with van der Waals surface area (Å²) in [7, 11) is 0. The lowest BCUT2D eigenvalue weighted by atomic mass is 10.1. The topological polar surface area (TPSA) is 93.8 Å². The van der Waals surface area contributed by atoms with Gasteiger partial charge in [0.05, 0.1) is 0 Å². The minimum absolute atomic E-state index is 0.375. The van der Waals surface area contributed by atoms with Crippen LogP contribution in [0.1, 0.15) is 5.56 Å². The molecular formula is C14H14N4O2. The number of aliphatic carboxylic acids is 1. The summed E-state index contributed by atoms with van der Waals surface area (Å²) in [6.07, 6.45) is 5.45. The number of nitrogens with zero attached hydrogens (tertiary/aromatic N) is 1. The number of hydrogen-bond donors (Lipinski definition) is 4. The van der Waals surface area contributed by atoms with E-state index in [2.05, 4.69) is 20.3 Å². The third-order valence-corrected chi connectivity index (χ3v) is 3.21. The van der Waals surface area contributed by atoms with Gasteiger partial charge in [0.1, 0.15) is 6.04 Å². The third kappa shape index (κ3) is 2.35. The molecule has 0 bridgehead atoms. The van der Waals surface area contributed by atoms with Gasteiger partial charge in [0.2, 0.25) is 5.95 Å². The van der Waals surface area contributed by atoms with Crippen molar-refractivity contribution in [2.75, 3.05) is 5.32 Å². The molecule has 0 spiro atoms. The van der Waals surface area contributed by atoms with Crippen molar-refractivity contribution >= 4 is 22.8 Å². The van der Waals surface area contributed by atoms with Crippen molar-refractivity contribution in [3.05, 3.63) is 48.4 Å². The number of para-hydroxylation sites is 1. The monoisotopic (exact) mass is 270 g/mol. The van der Waals surface area contributed by atoms with E-state index in [1.54, 1.807) is 12.4 Å². The number of benzene rings is 1. The van der Waals surface area contributed by atoms with Crippen LogP contribution in [0.25, 0.3) is 10.9 Å². The fourth-order valence-corrected chi connectivity index (χ4v) is 2.23. The number of aromatic amines is 2. The van der Waals surface area contributed by atoms with Crippen LogP contribution in [0.5, 0.6) is 0 Å². The predicted octanol–water partition coefficient (Wildman–Crippen LogP) is 2.00. The maximum Gasteiger partial charge on any atom is 0.326 e. The van der Waals surface area contributed by atoms with Crippen LogP contribution in [-0.2, 0) is 11.2 Å². The zero-order chi connectivity index (χ0) is 13.9. The van der Waals surface area contributed by atoms with Crippen LogP contribution < -0.4 is 5.32 Å². The van der Waals surface area contributed by atoms with E-state index in [4.69, 9.17) is 0 Å². The first-order valence-electron chi connectivity index (χ1n) is 6.28. The fourth-order valence-electron chi connectivity index (χ4n) is 2.23. The van der Waals surface area contributed by atoms with Crippen molar-refractivity contribution in [3.8, 4) is 0 Å². The van der Waals surface area contributed by atoms with Crippen molar-refractivity contribution in [1.29, 1.82) is 0 Å². The number of H-pyrrole nitrogens is 2. The number of anilines is 1. The second kappa shape index (κ2) is 5.08. The van der Waals surface area contributed by atoms with Crippen LogP contribution in [0, 0.1) is 0 Å². The van der Waals surface area contributed by atoms with E-state index in [9.17, 15) is 9.90 Å². The molecule has 4 N–H and O–H groups in total. The van der Waals surface area contributed by atoms with Crippen molar-refractivity contribution in [2.24, 2.45) is 0 Å². The highest BCUT2D eigenvalue weighted by atomic mass is 16.4. The number of hydrogen-bond acceptors (Lipinski definition) is 3. The molecule has 0 aliphatic carbocycles. The van der Waals surface area contributed by atoms with Crippen LogP contribution in [0.2, 0.25) is 0 Å². The molecule has 0 amide bonds. The molecule has 20 heavy (non-hydrogen) atoms. The highest BCUT2D eigenvalue weighted by Gasteiger charge is 2.20. The molecule has 2 heterocycles. The number of aromatic nitrogens is 3. The molecule has 102 valence electrons. The van der Waals surface area contributed by atoms with E-state index in [1.807, 2.05) is 30.5 Å². The Morgan fingerprint density at radius 1 is 1.35 bits per heavy atom. The van der Waals surface area contributed by atoms with Crippen molar-refractivity contribution in [3.63, 3.8) is 0 Å². The van der Waals surface area contributed by atoms with E-state index >= 15 is 0 Å². The maximum absolute atomic E-state index is 11.4. The summed E-state index contributed by atoms with van der Waals surface area (Å²) < 4.78 is 0. The molecule has 0 fully saturated rings. The van der Waals surface area contributed by atoms with E-state index in [1.165, 1.54) is 0 Å². The Balaban J connectivity index is 1.84. The van der Waals surface area contributed by atoms with Crippen molar-refractivity contribution < 1.29 is 9.90 Å². The predicted molar refractivity (Wildman–Crippen MR) is 75.6 cm³/mol. The quantitative estimate of drug-likeness (QED) is 0.570. The van der Waals surface area contributed by atoms with Crippen LogP contribution in [0.15, 0.2) is 42.9 Å². The van der Waals surface area contributed by atoms with Gasteiger partial charge < -0.3 is 20.4 Å². The van der Waals surface area contributed by atoms with E-state index < -0.39 is 12.0 Å². The Morgan fingerprint density at radius 2 is 2.20 bits per heavy atom. The Hall–Kier alpha value is -2.76. The SMILES string of the molecule is O=C(O)[C@H](Cc1c[nH]c2ccccc12)Nc1ncc[nH]1. The normalized spacial score (nSPS) is 12.4. The summed E-state index contributed by atoms with van der Waals surface area (Å²) in [6, 6.07) is 7.09. The number of imidazole rings is 1. The number of nitrogens with one attached hydrogen (secondary N) is 3. The molecule has 6 heteroatoms. The first kappa shape index (κ1) is 12.3. The largest absolute Gasteiger partial charge is 0.480 e. The molecule has 3 aromatic rings. The van der Waals surface area contributed by atoms with Gasteiger partial charge in [-0.2, -0.15) is 0 Å². The molecule has 0 saturated heterocycles. The number of fused-ring (bicyclic) bond motifs is 1. The Labute approximate surface area is 114 Å². The molecule has 1 atom stereocenters. The second-order valence-electron chi connectivity index (χ2n) is 4.54. The van der Waals surface area contributed by atoms with Gasteiger partial charge in [-0.1, -0.05) is 18.2 Å². The third-order valence-electron chi connectivity index (χ3n) is 3.21. The summed E-state index contributed by atoms with van der Waals surface area (Å²) in [5.74, 6) is -0.455. The standard InChI is InChI=1S/C14H14N4O2/c19-13(20)12(18-14-15-5-6-16-14)7-9-8-17-11-4-2-1-3-10(9)11/h1-6,8,12,17H,7H2,(H,19,20)(H2,15,16,18)/t12-/m0/s1. The van der Waals surface area contributed by atoms with Gasteiger partial charge >= 0.3 is 5.97 Å². The Bertz CT molecular complexity index is 718. The number of carboxylic acids is 1. The molecule has 1 aromatic carbocycles. The maximum atomic E-state index is 11.4. The summed E-state index contributed by atoms with van der Waals surface area (Å²) in [5.41, 5.74) is 1.97. The number of carboxylic acid groups (broad SMARTS) is 1. The average Bonchev–Trinajstić information content (AvgIpc) is 3.08. The van der Waals surface area contributed by atoms with Crippen LogP contribution >= 0.6 is 0 Å². The smallest absolute Gasteiger partial charge is 0.326 e. The molecule has 2 aromatic heterocycles. The summed E-state index contributed by atoms with van der Waals surface area (Å²) in [4.78, 5) is 21.4. The van der Waals surface area contributed by atoms with Gasteiger partial charge in [-0.05, 0) is 11.6 Å². The lowest BCUT2D eigenvalue weighted by Crippen LogP contribution is -2.31. The fraction of sp³-hybridized carbons (Fsp3) is 0.143. The van der Waals surface area contributed by atoms with Crippen molar-refractivity contribution in [1.82, 2.24) is 15.0 Å². The van der Waals surface area contributed by atoms with E-state index in [0.29, 0.717) is 12.4 Å². The van der Waals surface area contributed by atoms with Gasteiger partial charge in [-0.15, -0.1) is 0 Å². The Kier molecular flexibility index (Phi) is 3.12. The zero-order valence-electron chi connectivity index (χ0n) is 10.6. The first-order valence-corrected chi connectivity index (χ1v) is 6.28. The summed E-state index contributed by atoms with van der Waals surface area (Å²) in [6.45, 7) is 0. The molecular weight excluding hydrogens is 256 g/mol. The molecule has 0 radical (unpaired) electrons. The molecule has 0 aliphatic heterocycles. The minimum atomic E-state index is -0.910. The van der Waals surface area contributed by atoms with Gasteiger partial charge in [0.15, 0.2) is 0 Å². The number of carbonyl (C=O) groups is 1. The highest BCUT2D eigenvalue weighted by Crippen LogP contribution is 2.19. The molecule has 3 rings (SSSR count). The van der Waals surface area contributed by atoms with Gasteiger partial charge in [-0.25, -0.2) is 9.78 Å². The Morgan fingerprint density at radius 3 is 2.95 bits per heavy atom. The van der Waals surface area contributed by atoms with Gasteiger partial charge in [0, 0.05) is 35.9 Å². The lowest BCUT2D eigenvalue weighted by molar-refractivity contribution is -0.137.